The Bertz CT molecular complexity index is 1050. The first kappa shape index (κ1) is 20.9. The number of nitrogens with zero attached hydrogens (tertiary/aromatic N) is 1. The van der Waals surface area contributed by atoms with Gasteiger partial charge in [-0.05, 0) is 61.0 Å². The van der Waals surface area contributed by atoms with Gasteiger partial charge in [0.2, 0.25) is 5.60 Å². The number of piperidine rings is 1. The van der Waals surface area contributed by atoms with Crippen LogP contribution in [-0.2, 0) is 15.1 Å². The van der Waals surface area contributed by atoms with Gasteiger partial charge in [0, 0.05) is 29.4 Å². The van der Waals surface area contributed by atoms with Crippen LogP contribution in [0.15, 0.2) is 73.1 Å². The van der Waals surface area contributed by atoms with Crippen LogP contribution < -0.4 is 5.32 Å². The van der Waals surface area contributed by atoms with Crippen molar-refractivity contribution in [1.82, 2.24) is 10.3 Å². The summed E-state index contributed by atoms with van der Waals surface area (Å²) in [5.74, 6) is -0.0534. The highest BCUT2D eigenvalue weighted by atomic mass is 16.5. The lowest BCUT2D eigenvalue weighted by Gasteiger charge is -2.29. The molecule has 0 amide bonds. The molecule has 0 spiro atoms. The largest absolute Gasteiger partial charge is 0.462 e. The first-order valence-electron chi connectivity index (χ1n) is 11.4. The quantitative estimate of drug-likeness (QED) is 0.581. The summed E-state index contributed by atoms with van der Waals surface area (Å²) in [7, 11) is 0. The van der Waals surface area contributed by atoms with Gasteiger partial charge in [0.05, 0.1) is 6.61 Å². The van der Waals surface area contributed by atoms with E-state index in [2.05, 4.69) is 10.3 Å². The van der Waals surface area contributed by atoms with Crippen molar-refractivity contribution in [2.75, 3.05) is 19.7 Å². The lowest BCUT2D eigenvalue weighted by atomic mass is 9.86. The second kappa shape index (κ2) is 8.85. The minimum absolute atomic E-state index is 0.0352. The molecule has 164 valence electrons. The molecule has 0 bridgehead atoms. The Morgan fingerprint density at radius 2 is 1.81 bits per heavy atom. The highest BCUT2D eigenvalue weighted by molar-refractivity contribution is 5.96. The van der Waals surface area contributed by atoms with Crippen LogP contribution in [0.4, 0.5) is 0 Å². The molecule has 1 aliphatic heterocycles. The molecule has 5 heteroatoms. The first-order valence-corrected chi connectivity index (χ1v) is 11.4. The maximum Gasteiger partial charge on any atom is 0.347 e. The number of hydrogen-bond acceptors (Lipinski definition) is 5. The summed E-state index contributed by atoms with van der Waals surface area (Å²) in [5, 5.41) is 15.1. The maximum atomic E-state index is 13.4. The number of pyridine rings is 1. The molecule has 2 atom stereocenters. The number of aliphatic hydroxyl groups is 1. The molecule has 0 saturated carbocycles. The lowest BCUT2D eigenvalue weighted by molar-refractivity contribution is -0.162. The molecule has 0 radical (unpaired) electrons. The average Bonchev–Trinajstić information content (AvgIpc) is 3.13. The van der Waals surface area contributed by atoms with Crippen LogP contribution in [0.25, 0.3) is 11.1 Å². The number of fused-ring (bicyclic) bond motifs is 3. The van der Waals surface area contributed by atoms with Crippen LogP contribution in [0.3, 0.4) is 0 Å². The van der Waals surface area contributed by atoms with E-state index in [9.17, 15) is 9.90 Å². The van der Waals surface area contributed by atoms with Crippen LogP contribution in [0.5, 0.6) is 0 Å². The van der Waals surface area contributed by atoms with Crippen molar-refractivity contribution in [1.29, 1.82) is 0 Å². The van der Waals surface area contributed by atoms with E-state index in [4.69, 9.17) is 4.74 Å². The van der Waals surface area contributed by atoms with Gasteiger partial charge in [-0.2, -0.15) is 0 Å². The van der Waals surface area contributed by atoms with Gasteiger partial charge in [0.15, 0.2) is 0 Å². The van der Waals surface area contributed by atoms with Gasteiger partial charge in [-0.3, -0.25) is 4.98 Å². The molecule has 3 aromatic rings. The molecular weight excluding hydrogens is 400 g/mol. The third kappa shape index (κ3) is 3.72. The maximum absolute atomic E-state index is 13.4. The molecule has 1 aromatic heterocycles. The Morgan fingerprint density at radius 1 is 1.09 bits per heavy atom. The van der Waals surface area contributed by atoms with E-state index in [1.165, 1.54) is 6.42 Å². The Labute approximate surface area is 188 Å². The molecule has 1 saturated heterocycles. The zero-order valence-corrected chi connectivity index (χ0v) is 18.0. The third-order valence-electron chi connectivity index (χ3n) is 6.81. The van der Waals surface area contributed by atoms with Gasteiger partial charge in [-0.25, -0.2) is 4.79 Å². The summed E-state index contributed by atoms with van der Waals surface area (Å²) in [6.07, 6.45) is 6.85. The highest BCUT2D eigenvalue weighted by Crippen LogP contribution is 2.48. The molecule has 2 aromatic carbocycles. The van der Waals surface area contributed by atoms with Crippen molar-refractivity contribution in [3.05, 3.63) is 89.7 Å². The second-order valence-corrected chi connectivity index (χ2v) is 8.83. The Balaban J connectivity index is 1.39. The molecular formula is C27H28N2O3. The van der Waals surface area contributed by atoms with Crippen molar-refractivity contribution in [2.45, 2.75) is 30.8 Å². The molecule has 32 heavy (non-hydrogen) atoms. The van der Waals surface area contributed by atoms with E-state index in [0.29, 0.717) is 17.0 Å². The van der Waals surface area contributed by atoms with Crippen LogP contribution in [0.2, 0.25) is 0 Å². The van der Waals surface area contributed by atoms with E-state index < -0.39 is 11.6 Å². The predicted molar refractivity (Wildman–Crippen MR) is 123 cm³/mol. The summed E-state index contributed by atoms with van der Waals surface area (Å²) in [4.78, 5) is 17.7. The fourth-order valence-electron chi connectivity index (χ4n) is 5.16. The van der Waals surface area contributed by atoms with E-state index in [0.717, 1.165) is 42.6 Å². The van der Waals surface area contributed by atoms with Crippen molar-refractivity contribution in [2.24, 2.45) is 5.92 Å². The number of nitrogens with one attached hydrogen (secondary N) is 1. The Hall–Kier alpha value is -3.02. The summed E-state index contributed by atoms with van der Waals surface area (Å²) >= 11 is 0. The zero-order valence-electron chi connectivity index (χ0n) is 18.0. The monoisotopic (exact) mass is 428 g/mol. The molecule has 2 aliphatic rings. The molecule has 5 rings (SSSR count). The number of rotatable bonds is 6. The van der Waals surface area contributed by atoms with Gasteiger partial charge in [-0.1, -0.05) is 54.6 Å². The van der Waals surface area contributed by atoms with Crippen molar-refractivity contribution in [3.8, 4) is 11.1 Å². The fourth-order valence-corrected chi connectivity index (χ4v) is 5.16. The lowest BCUT2D eigenvalue weighted by Crippen LogP contribution is -2.38. The molecule has 5 nitrogen and oxygen atoms in total. The van der Waals surface area contributed by atoms with Gasteiger partial charge in [0.25, 0.3) is 0 Å². The van der Waals surface area contributed by atoms with E-state index >= 15 is 0 Å². The van der Waals surface area contributed by atoms with Gasteiger partial charge >= 0.3 is 5.97 Å². The van der Waals surface area contributed by atoms with Gasteiger partial charge in [0.1, 0.15) is 0 Å². The molecule has 1 aliphatic carbocycles. The van der Waals surface area contributed by atoms with Gasteiger partial charge < -0.3 is 15.2 Å². The van der Waals surface area contributed by atoms with Crippen LogP contribution in [0, 0.1) is 5.92 Å². The third-order valence-corrected chi connectivity index (χ3v) is 6.81. The number of aromatic nitrogens is 1. The van der Waals surface area contributed by atoms with Crippen LogP contribution >= 0.6 is 0 Å². The summed E-state index contributed by atoms with van der Waals surface area (Å²) < 4.78 is 5.86. The first-order chi connectivity index (χ1) is 15.7. The SMILES string of the molecule is O=C(OCC(C[C@H]1CCCNC1)c1cccnc1)C1(O)c2ccccc2-c2ccccc21. The van der Waals surface area contributed by atoms with Crippen LogP contribution in [0.1, 0.15) is 41.9 Å². The molecule has 2 N–H and O–H groups in total. The summed E-state index contributed by atoms with van der Waals surface area (Å²) in [5.41, 5.74) is 2.18. The van der Waals surface area contributed by atoms with E-state index in [1.54, 1.807) is 6.20 Å². The number of ether oxygens (including phenoxy) is 1. The number of carbonyl (C=O) groups excluding carboxylic acids is 1. The van der Waals surface area contributed by atoms with Crippen molar-refractivity contribution < 1.29 is 14.6 Å². The number of carbonyl (C=O) groups is 1. The number of hydrogen-bond donors (Lipinski definition) is 2. The molecule has 1 fully saturated rings. The fraction of sp³-hybridized carbons (Fsp3) is 0.333. The van der Waals surface area contributed by atoms with Crippen LogP contribution in [-0.4, -0.2) is 35.8 Å². The van der Waals surface area contributed by atoms with Gasteiger partial charge in [-0.15, -0.1) is 0 Å². The average molecular weight is 429 g/mol. The number of benzene rings is 2. The topological polar surface area (TPSA) is 71.5 Å². The van der Waals surface area contributed by atoms with Crippen molar-refractivity contribution in [3.63, 3.8) is 0 Å². The Morgan fingerprint density at radius 3 is 2.44 bits per heavy atom. The minimum atomic E-state index is -1.79. The molecule has 1 unspecified atom stereocenters. The summed E-state index contributed by atoms with van der Waals surface area (Å²) in [6, 6.07) is 19.0. The standard InChI is InChI=1S/C27H28N2O3/c30-26(27(31)24-11-3-1-9-22(24)23-10-2-4-12-25(23)27)32-18-21(20-8-6-14-29-17-20)15-19-7-5-13-28-16-19/h1-4,6,8-12,14,17,19,21,28,31H,5,7,13,15-16,18H2/t19-,21?/m1/s1. The zero-order chi connectivity index (χ0) is 22.0. The minimum Gasteiger partial charge on any atom is -0.462 e. The summed E-state index contributed by atoms with van der Waals surface area (Å²) in [6.45, 7) is 2.26. The van der Waals surface area contributed by atoms with Crippen molar-refractivity contribution >= 4 is 5.97 Å². The number of esters is 1. The van der Waals surface area contributed by atoms with E-state index in [-0.39, 0.29) is 12.5 Å². The smallest absolute Gasteiger partial charge is 0.347 e. The predicted octanol–water partition coefficient (Wildman–Crippen LogP) is 4.01. The Kier molecular flexibility index (Phi) is 5.77. The highest BCUT2D eigenvalue weighted by Gasteiger charge is 2.49. The molecule has 2 heterocycles. The van der Waals surface area contributed by atoms with E-state index in [1.807, 2.05) is 66.9 Å². The second-order valence-electron chi connectivity index (χ2n) is 8.83. The normalized spacial score (nSPS) is 19.6.